The van der Waals surface area contributed by atoms with Crippen LogP contribution in [0.25, 0.3) is 6.08 Å². The van der Waals surface area contributed by atoms with Crippen LogP contribution >= 0.6 is 15.9 Å². The van der Waals surface area contributed by atoms with E-state index in [0.29, 0.717) is 10.4 Å². The first-order chi connectivity index (χ1) is 8.52. The molecule has 1 heterocycles. The number of aliphatic hydroxyl groups is 1. The third kappa shape index (κ3) is 4.72. The Bertz CT molecular complexity index is 454. The first-order valence-corrected chi connectivity index (χ1v) is 5.90. The van der Waals surface area contributed by atoms with Crippen molar-refractivity contribution in [2.24, 2.45) is 0 Å². The number of aliphatic hydroxyl groups excluding tert-OH is 1. The van der Waals surface area contributed by atoms with E-state index in [4.69, 9.17) is 14.6 Å². The lowest BCUT2D eigenvalue weighted by Gasteiger charge is -2.10. The molecule has 98 valence electrons. The van der Waals surface area contributed by atoms with Gasteiger partial charge in [0.2, 0.25) is 5.91 Å². The predicted molar refractivity (Wildman–Crippen MR) is 66.7 cm³/mol. The number of carbonyl (C=O) groups is 2. The van der Waals surface area contributed by atoms with Gasteiger partial charge >= 0.3 is 5.97 Å². The van der Waals surface area contributed by atoms with Crippen LogP contribution in [0.2, 0.25) is 0 Å². The third-order valence-electron chi connectivity index (χ3n) is 2.03. The van der Waals surface area contributed by atoms with Crippen LogP contribution in [0.5, 0.6) is 0 Å². The summed E-state index contributed by atoms with van der Waals surface area (Å²) in [6.07, 6.45) is 2.54. The number of rotatable bonds is 6. The quantitative estimate of drug-likeness (QED) is 0.680. The average molecular weight is 318 g/mol. The molecule has 0 aliphatic carbocycles. The van der Waals surface area contributed by atoms with Gasteiger partial charge in [-0.2, -0.15) is 0 Å². The lowest BCUT2D eigenvalue weighted by Crippen LogP contribution is -2.40. The number of halogens is 1. The molecule has 1 amide bonds. The van der Waals surface area contributed by atoms with E-state index in [9.17, 15) is 9.59 Å². The van der Waals surface area contributed by atoms with Crippen LogP contribution in [0.4, 0.5) is 0 Å². The fourth-order valence-corrected chi connectivity index (χ4v) is 1.50. The van der Waals surface area contributed by atoms with Gasteiger partial charge in [-0.15, -0.1) is 0 Å². The van der Waals surface area contributed by atoms with Crippen molar-refractivity contribution in [3.63, 3.8) is 0 Å². The molecule has 7 heteroatoms. The smallest absolute Gasteiger partial charge is 0.326 e. The van der Waals surface area contributed by atoms with Crippen LogP contribution in [0.1, 0.15) is 12.2 Å². The van der Waals surface area contributed by atoms with E-state index < -0.39 is 17.9 Å². The maximum Gasteiger partial charge on any atom is 0.326 e. The number of carboxylic acid groups (broad SMARTS) is 1. The van der Waals surface area contributed by atoms with E-state index in [1.807, 2.05) is 0 Å². The van der Waals surface area contributed by atoms with Crippen molar-refractivity contribution < 1.29 is 24.2 Å². The van der Waals surface area contributed by atoms with E-state index >= 15 is 0 Å². The summed E-state index contributed by atoms with van der Waals surface area (Å²) in [5.74, 6) is -1.29. The second-order valence-corrected chi connectivity index (χ2v) is 4.17. The minimum Gasteiger partial charge on any atom is -0.480 e. The van der Waals surface area contributed by atoms with Crippen LogP contribution in [0, 0.1) is 0 Å². The Hall–Kier alpha value is -1.60. The van der Waals surface area contributed by atoms with Gasteiger partial charge in [-0.1, -0.05) is 0 Å². The molecule has 0 aliphatic heterocycles. The molecule has 1 rings (SSSR count). The summed E-state index contributed by atoms with van der Waals surface area (Å²) in [5.41, 5.74) is 0. The second kappa shape index (κ2) is 6.97. The summed E-state index contributed by atoms with van der Waals surface area (Å²) in [7, 11) is 0. The van der Waals surface area contributed by atoms with Gasteiger partial charge in [0.05, 0.1) is 0 Å². The third-order valence-corrected chi connectivity index (χ3v) is 2.45. The van der Waals surface area contributed by atoms with Crippen LogP contribution in [-0.2, 0) is 9.59 Å². The van der Waals surface area contributed by atoms with E-state index in [0.717, 1.165) is 0 Å². The molecular formula is C11H12BrNO5. The molecule has 18 heavy (non-hydrogen) atoms. The summed E-state index contributed by atoms with van der Waals surface area (Å²) in [6, 6.07) is 2.22. The highest BCUT2D eigenvalue weighted by Crippen LogP contribution is 2.14. The van der Waals surface area contributed by atoms with Gasteiger partial charge in [-0.05, 0) is 34.1 Å². The Morgan fingerprint density at radius 1 is 1.50 bits per heavy atom. The molecule has 0 aliphatic rings. The molecule has 6 nitrogen and oxygen atoms in total. The van der Waals surface area contributed by atoms with Crippen molar-refractivity contribution in [2.45, 2.75) is 12.5 Å². The molecule has 1 aromatic rings. The molecule has 1 atom stereocenters. The predicted octanol–water partition coefficient (Wildman–Crippen LogP) is 1.01. The monoisotopic (exact) mass is 317 g/mol. The number of hydrogen-bond acceptors (Lipinski definition) is 4. The molecule has 0 aromatic carbocycles. The van der Waals surface area contributed by atoms with Gasteiger partial charge < -0.3 is 19.9 Å². The first kappa shape index (κ1) is 14.5. The SMILES string of the molecule is O=C(/C=C/c1ccc(Br)o1)N[C@H](CCO)C(=O)O. The zero-order chi connectivity index (χ0) is 13.5. The van der Waals surface area contributed by atoms with Crippen LogP contribution < -0.4 is 5.32 Å². The van der Waals surface area contributed by atoms with Gasteiger partial charge in [0.25, 0.3) is 0 Å². The Labute approximate surface area is 111 Å². The number of carboxylic acids is 1. The molecule has 0 spiro atoms. The van der Waals surface area contributed by atoms with Crippen molar-refractivity contribution in [3.05, 3.63) is 28.6 Å². The fourth-order valence-electron chi connectivity index (χ4n) is 1.18. The standard InChI is InChI=1S/C11H12BrNO5/c12-9-3-1-7(18-9)2-4-10(15)13-8(5-6-14)11(16)17/h1-4,8,14H,5-6H2,(H,13,15)(H,16,17)/b4-2+/t8-/m1/s1. The maximum absolute atomic E-state index is 11.4. The van der Waals surface area contributed by atoms with Gasteiger partial charge in [-0.25, -0.2) is 4.79 Å². The summed E-state index contributed by atoms with van der Waals surface area (Å²) in [6.45, 7) is -0.313. The molecule has 0 saturated carbocycles. The number of furan rings is 1. The molecule has 0 unspecified atom stereocenters. The maximum atomic E-state index is 11.4. The van der Waals surface area contributed by atoms with Crippen molar-refractivity contribution in [1.82, 2.24) is 5.32 Å². The summed E-state index contributed by atoms with van der Waals surface area (Å²) in [5, 5.41) is 19.7. The molecule has 0 bridgehead atoms. The number of carbonyl (C=O) groups excluding carboxylic acids is 1. The van der Waals surface area contributed by atoms with Crippen LogP contribution in [0.3, 0.4) is 0 Å². The van der Waals surface area contributed by atoms with Crippen molar-refractivity contribution >= 4 is 33.9 Å². The minimum absolute atomic E-state index is 0.0405. The fraction of sp³-hybridized carbons (Fsp3) is 0.273. The second-order valence-electron chi connectivity index (χ2n) is 3.39. The van der Waals surface area contributed by atoms with E-state index in [1.54, 1.807) is 12.1 Å². The van der Waals surface area contributed by atoms with E-state index in [2.05, 4.69) is 21.2 Å². The Morgan fingerprint density at radius 2 is 2.22 bits per heavy atom. The largest absolute Gasteiger partial charge is 0.480 e. The average Bonchev–Trinajstić information content (AvgIpc) is 2.72. The van der Waals surface area contributed by atoms with E-state index in [-0.39, 0.29) is 13.0 Å². The molecule has 0 saturated heterocycles. The molecule has 0 radical (unpaired) electrons. The number of amides is 1. The number of aliphatic carboxylic acids is 1. The molecule has 3 N–H and O–H groups in total. The Kier molecular flexibility index (Phi) is 5.60. The molecule has 0 fully saturated rings. The summed E-state index contributed by atoms with van der Waals surface area (Å²) < 4.78 is 5.66. The normalized spacial score (nSPS) is 12.6. The first-order valence-electron chi connectivity index (χ1n) is 5.10. The highest BCUT2D eigenvalue weighted by atomic mass is 79.9. The topological polar surface area (TPSA) is 99.8 Å². The molecule has 1 aromatic heterocycles. The van der Waals surface area contributed by atoms with Crippen LogP contribution in [0.15, 0.2) is 27.3 Å². The van der Waals surface area contributed by atoms with E-state index in [1.165, 1.54) is 12.2 Å². The van der Waals surface area contributed by atoms with Gasteiger partial charge in [-0.3, -0.25) is 4.79 Å². The highest BCUT2D eigenvalue weighted by molar-refractivity contribution is 9.10. The lowest BCUT2D eigenvalue weighted by atomic mass is 10.2. The minimum atomic E-state index is -1.19. The van der Waals surface area contributed by atoms with Gasteiger partial charge in [0, 0.05) is 19.1 Å². The zero-order valence-corrected chi connectivity index (χ0v) is 10.9. The van der Waals surface area contributed by atoms with Gasteiger partial charge in [0.1, 0.15) is 11.8 Å². The number of nitrogens with one attached hydrogen (secondary N) is 1. The van der Waals surface area contributed by atoms with Crippen molar-refractivity contribution in [1.29, 1.82) is 0 Å². The van der Waals surface area contributed by atoms with Crippen molar-refractivity contribution in [2.75, 3.05) is 6.61 Å². The summed E-state index contributed by atoms with van der Waals surface area (Å²) in [4.78, 5) is 22.1. The zero-order valence-electron chi connectivity index (χ0n) is 9.30. The van der Waals surface area contributed by atoms with Crippen LogP contribution in [-0.4, -0.2) is 34.7 Å². The summed E-state index contributed by atoms with van der Waals surface area (Å²) >= 11 is 3.11. The number of hydrogen-bond donors (Lipinski definition) is 3. The Balaban J connectivity index is 2.54. The van der Waals surface area contributed by atoms with Crippen molar-refractivity contribution in [3.8, 4) is 0 Å². The lowest BCUT2D eigenvalue weighted by molar-refractivity contribution is -0.141. The van der Waals surface area contributed by atoms with Gasteiger partial charge in [0.15, 0.2) is 4.67 Å². The molecular weight excluding hydrogens is 306 g/mol. The highest BCUT2D eigenvalue weighted by Gasteiger charge is 2.17. The Morgan fingerprint density at radius 3 is 2.72 bits per heavy atom.